The predicted octanol–water partition coefficient (Wildman–Crippen LogP) is 4.20. The molecule has 0 spiro atoms. The molecule has 0 fully saturated rings. The Kier molecular flexibility index (Phi) is 5.31. The van der Waals surface area contributed by atoms with E-state index in [9.17, 15) is 9.90 Å². The summed E-state index contributed by atoms with van der Waals surface area (Å²) in [6.45, 7) is 3.27. The third kappa shape index (κ3) is 3.50. The molecule has 6 nitrogen and oxygen atoms in total. The van der Waals surface area contributed by atoms with Crippen LogP contribution in [-0.4, -0.2) is 30.1 Å². The molecule has 0 aliphatic carbocycles. The minimum absolute atomic E-state index is 0.0328. The molecule has 0 unspecified atom stereocenters. The standard InChI is InChI=1S/C15H15Cl2NO5/c1-15(2,22-7-21-3)13-11(14(19)20)12(18-23-13)10-8(16)5-4-6-9(10)17/h4-6H,7H2,1-3H3,(H,19,20). The number of benzene rings is 1. The van der Waals surface area contributed by atoms with Crippen LogP contribution in [0, 0.1) is 0 Å². The van der Waals surface area contributed by atoms with Gasteiger partial charge in [-0.15, -0.1) is 0 Å². The van der Waals surface area contributed by atoms with Crippen molar-refractivity contribution in [2.24, 2.45) is 0 Å². The van der Waals surface area contributed by atoms with Crippen LogP contribution in [0.4, 0.5) is 0 Å². The molecule has 23 heavy (non-hydrogen) atoms. The smallest absolute Gasteiger partial charge is 0.341 e. The molecule has 0 saturated heterocycles. The minimum atomic E-state index is -1.22. The van der Waals surface area contributed by atoms with Crippen molar-refractivity contribution in [2.45, 2.75) is 19.4 Å². The molecule has 1 N–H and O–H groups in total. The summed E-state index contributed by atoms with van der Waals surface area (Å²) in [6.07, 6.45) is 0. The number of hydrogen-bond donors (Lipinski definition) is 1. The van der Waals surface area contributed by atoms with Crippen molar-refractivity contribution in [1.82, 2.24) is 5.16 Å². The maximum absolute atomic E-state index is 11.7. The zero-order valence-corrected chi connectivity index (χ0v) is 14.2. The third-order valence-corrected chi connectivity index (χ3v) is 3.82. The van der Waals surface area contributed by atoms with E-state index in [0.29, 0.717) is 5.56 Å². The average molecular weight is 360 g/mol. The van der Waals surface area contributed by atoms with Crippen LogP contribution in [0.25, 0.3) is 11.3 Å². The Bertz CT molecular complexity index is 706. The molecule has 2 rings (SSSR count). The highest BCUT2D eigenvalue weighted by molar-refractivity contribution is 6.39. The summed E-state index contributed by atoms with van der Waals surface area (Å²) in [5.41, 5.74) is -0.869. The lowest BCUT2D eigenvalue weighted by Crippen LogP contribution is -2.24. The quantitative estimate of drug-likeness (QED) is 0.778. The van der Waals surface area contributed by atoms with E-state index in [1.54, 1.807) is 32.0 Å². The highest BCUT2D eigenvalue weighted by Crippen LogP contribution is 2.39. The second-order valence-electron chi connectivity index (χ2n) is 5.20. The van der Waals surface area contributed by atoms with E-state index in [0.717, 1.165) is 0 Å². The van der Waals surface area contributed by atoms with Gasteiger partial charge >= 0.3 is 5.97 Å². The van der Waals surface area contributed by atoms with Gasteiger partial charge < -0.3 is 19.1 Å². The molecule has 0 atom stereocenters. The number of halogens is 2. The number of aromatic carboxylic acids is 1. The number of carboxylic acids is 1. The van der Waals surface area contributed by atoms with Crippen LogP contribution in [0.5, 0.6) is 0 Å². The fraction of sp³-hybridized carbons (Fsp3) is 0.333. The zero-order chi connectivity index (χ0) is 17.2. The normalized spacial score (nSPS) is 11.7. The van der Waals surface area contributed by atoms with Gasteiger partial charge in [0.25, 0.3) is 0 Å². The van der Waals surface area contributed by atoms with Crippen LogP contribution in [0.3, 0.4) is 0 Å². The number of ether oxygens (including phenoxy) is 2. The highest BCUT2D eigenvalue weighted by atomic mass is 35.5. The lowest BCUT2D eigenvalue weighted by Gasteiger charge is -2.22. The van der Waals surface area contributed by atoms with Gasteiger partial charge in [0.2, 0.25) is 0 Å². The van der Waals surface area contributed by atoms with Gasteiger partial charge in [0.1, 0.15) is 23.7 Å². The number of hydrogen-bond acceptors (Lipinski definition) is 5. The van der Waals surface area contributed by atoms with Crippen molar-refractivity contribution < 1.29 is 23.9 Å². The third-order valence-electron chi connectivity index (χ3n) is 3.19. The number of nitrogens with zero attached hydrogens (tertiary/aromatic N) is 1. The number of methoxy groups -OCH3 is 1. The molecular weight excluding hydrogens is 345 g/mol. The lowest BCUT2D eigenvalue weighted by molar-refractivity contribution is -0.128. The van der Waals surface area contributed by atoms with Gasteiger partial charge in [-0.3, -0.25) is 0 Å². The Morgan fingerprint density at radius 1 is 1.35 bits per heavy atom. The molecule has 0 aliphatic heterocycles. The molecule has 0 aliphatic rings. The Labute approximate surface area is 142 Å². The number of carbonyl (C=O) groups is 1. The number of aromatic nitrogens is 1. The molecule has 8 heteroatoms. The second kappa shape index (κ2) is 6.88. The first kappa shape index (κ1) is 17.7. The van der Waals surface area contributed by atoms with Crippen molar-refractivity contribution in [3.05, 3.63) is 39.6 Å². The van der Waals surface area contributed by atoms with Crippen molar-refractivity contribution in [3.63, 3.8) is 0 Å². The predicted molar refractivity (Wildman–Crippen MR) is 84.9 cm³/mol. The zero-order valence-electron chi connectivity index (χ0n) is 12.7. The maximum Gasteiger partial charge on any atom is 0.341 e. The Hall–Kier alpha value is -1.60. The first-order chi connectivity index (χ1) is 10.8. The minimum Gasteiger partial charge on any atom is -0.477 e. The van der Waals surface area contributed by atoms with E-state index >= 15 is 0 Å². The van der Waals surface area contributed by atoms with E-state index in [1.165, 1.54) is 7.11 Å². The van der Waals surface area contributed by atoms with Gasteiger partial charge in [-0.25, -0.2) is 4.79 Å². The van der Waals surface area contributed by atoms with Gasteiger partial charge in [-0.05, 0) is 26.0 Å². The van der Waals surface area contributed by atoms with Crippen molar-refractivity contribution >= 4 is 29.2 Å². The van der Waals surface area contributed by atoms with Gasteiger partial charge in [-0.1, -0.05) is 34.4 Å². The topological polar surface area (TPSA) is 81.8 Å². The van der Waals surface area contributed by atoms with Gasteiger partial charge in [0.05, 0.1) is 10.0 Å². The summed E-state index contributed by atoms with van der Waals surface area (Å²) in [5.74, 6) is -1.17. The van der Waals surface area contributed by atoms with E-state index in [2.05, 4.69) is 5.16 Å². The highest BCUT2D eigenvalue weighted by Gasteiger charge is 2.36. The Morgan fingerprint density at radius 3 is 2.48 bits per heavy atom. The van der Waals surface area contributed by atoms with Crippen molar-refractivity contribution in [1.29, 1.82) is 0 Å². The van der Waals surface area contributed by atoms with Gasteiger partial charge in [0.15, 0.2) is 5.76 Å². The number of rotatable bonds is 6. The van der Waals surface area contributed by atoms with Crippen LogP contribution >= 0.6 is 23.2 Å². The van der Waals surface area contributed by atoms with E-state index in [4.69, 9.17) is 37.2 Å². The molecule has 0 saturated carbocycles. The van der Waals surface area contributed by atoms with Crippen LogP contribution in [0.1, 0.15) is 30.0 Å². The molecule has 0 amide bonds. The fourth-order valence-electron chi connectivity index (χ4n) is 2.07. The largest absolute Gasteiger partial charge is 0.477 e. The van der Waals surface area contributed by atoms with Crippen LogP contribution < -0.4 is 0 Å². The molecule has 1 heterocycles. The first-order valence-electron chi connectivity index (χ1n) is 6.60. The van der Waals surface area contributed by atoms with Crippen LogP contribution in [-0.2, 0) is 15.1 Å². The fourth-order valence-corrected chi connectivity index (χ4v) is 2.64. The molecule has 0 radical (unpaired) electrons. The van der Waals surface area contributed by atoms with Gasteiger partial charge in [-0.2, -0.15) is 0 Å². The van der Waals surface area contributed by atoms with E-state index in [1.807, 2.05) is 0 Å². The number of carboxylic acid groups (broad SMARTS) is 1. The summed E-state index contributed by atoms with van der Waals surface area (Å²) in [7, 11) is 1.46. The first-order valence-corrected chi connectivity index (χ1v) is 7.36. The average Bonchev–Trinajstić information content (AvgIpc) is 2.90. The molecule has 2 aromatic rings. The summed E-state index contributed by atoms with van der Waals surface area (Å²) >= 11 is 12.3. The molecule has 0 bridgehead atoms. The lowest BCUT2D eigenvalue weighted by atomic mass is 9.97. The monoisotopic (exact) mass is 359 g/mol. The second-order valence-corrected chi connectivity index (χ2v) is 6.01. The Morgan fingerprint density at radius 2 is 1.96 bits per heavy atom. The van der Waals surface area contributed by atoms with Crippen LogP contribution in [0.2, 0.25) is 10.0 Å². The van der Waals surface area contributed by atoms with Crippen molar-refractivity contribution in [3.8, 4) is 11.3 Å². The SMILES string of the molecule is COCOC(C)(C)c1onc(-c2c(Cl)cccc2Cl)c1C(=O)O. The van der Waals surface area contributed by atoms with E-state index in [-0.39, 0.29) is 33.9 Å². The summed E-state index contributed by atoms with van der Waals surface area (Å²) in [4.78, 5) is 11.7. The van der Waals surface area contributed by atoms with Crippen LogP contribution in [0.15, 0.2) is 22.7 Å². The van der Waals surface area contributed by atoms with E-state index < -0.39 is 11.6 Å². The maximum atomic E-state index is 11.7. The molecular formula is C15H15Cl2NO5. The summed E-state index contributed by atoms with van der Waals surface area (Å²) < 4.78 is 15.6. The molecule has 1 aromatic carbocycles. The van der Waals surface area contributed by atoms with Gasteiger partial charge in [0, 0.05) is 12.7 Å². The molecule has 1 aromatic heterocycles. The summed E-state index contributed by atoms with van der Waals surface area (Å²) in [5, 5.41) is 14.0. The molecule has 124 valence electrons. The Balaban J connectivity index is 2.63. The summed E-state index contributed by atoms with van der Waals surface area (Å²) in [6, 6.07) is 4.84. The van der Waals surface area contributed by atoms with Crippen molar-refractivity contribution in [2.75, 3.05) is 13.9 Å².